The summed E-state index contributed by atoms with van der Waals surface area (Å²) >= 11 is 0. The summed E-state index contributed by atoms with van der Waals surface area (Å²) in [5.74, 6) is -0.923. The number of aryl methyl sites for hydroxylation is 1. The third kappa shape index (κ3) is 2.98. The Morgan fingerprint density at radius 2 is 1.48 bits per heavy atom. The summed E-state index contributed by atoms with van der Waals surface area (Å²) in [5, 5.41) is 13.7. The van der Waals surface area contributed by atoms with Crippen LogP contribution in [0.2, 0.25) is 0 Å². The lowest BCUT2D eigenvalue weighted by Gasteiger charge is -2.15. The molecule has 3 rings (SSSR count). The van der Waals surface area contributed by atoms with Crippen molar-refractivity contribution in [2.45, 2.75) is 26.2 Å². The van der Waals surface area contributed by atoms with Crippen molar-refractivity contribution in [3.63, 3.8) is 0 Å². The highest BCUT2D eigenvalue weighted by Crippen LogP contribution is 2.34. The molecule has 0 heterocycles. The van der Waals surface area contributed by atoms with E-state index in [1.54, 1.807) is 6.08 Å². The molecule has 2 nitrogen and oxygen atoms in total. The van der Waals surface area contributed by atoms with Crippen LogP contribution in [0.5, 0.6) is 0 Å². The average Bonchev–Trinajstić information content (AvgIpc) is 2.57. The van der Waals surface area contributed by atoms with Gasteiger partial charge in [-0.1, -0.05) is 61.9 Å². The molecule has 0 amide bonds. The second-order valence-corrected chi connectivity index (χ2v) is 5.76. The molecule has 0 atom stereocenters. The number of carbonyl (C=O) groups is 1. The first kappa shape index (κ1) is 15.3. The van der Waals surface area contributed by atoms with Gasteiger partial charge in [0.05, 0.1) is 0 Å². The molecule has 0 bridgehead atoms. The van der Waals surface area contributed by atoms with E-state index >= 15 is 0 Å². The zero-order chi connectivity index (χ0) is 16.2. The minimum Gasteiger partial charge on any atom is -0.478 e. The van der Waals surface area contributed by atoms with Gasteiger partial charge in [0.25, 0.3) is 0 Å². The summed E-state index contributed by atoms with van der Waals surface area (Å²) in [6.45, 7) is 2.20. The van der Waals surface area contributed by atoms with Gasteiger partial charge in [0.2, 0.25) is 0 Å². The Bertz CT molecular complexity index is 834. The van der Waals surface area contributed by atoms with Crippen molar-refractivity contribution in [3.8, 4) is 0 Å². The number of hydrogen-bond donors (Lipinski definition) is 1. The standard InChI is InChI=1S/C21H20O2/c1-2-3-8-15-16-9-4-6-11-18(16)20(13-14-21(22)23)19-12-7-5-10-17(15)19/h4-7,9-14H,2-3,8H2,1H3,(H,22,23). The Morgan fingerprint density at radius 1 is 0.957 bits per heavy atom. The number of benzene rings is 3. The predicted octanol–water partition coefficient (Wildman–Crippen LogP) is 5.43. The first-order valence-corrected chi connectivity index (χ1v) is 8.05. The van der Waals surface area contributed by atoms with Crippen LogP contribution in [-0.4, -0.2) is 11.1 Å². The van der Waals surface area contributed by atoms with E-state index in [1.165, 1.54) is 22.4 Å². The van der Waals surface area contributed by atoms with E-state index in [0.29, 0.717) is 0 Å². The molecule has 0 aliphatic carbocycles. The predicted molar refractivity (Wildman–Crippen MR) is 96.7 cm³/mol. The zero-order valence-corrected chi connectivity index (χ0v) is 13.3. The van der Waals surface area contributed by atoms with Crippen molar-refractivity contribution in [1.82, 2.24) is 0 Å². The third-order valence-corrected chi connectivity index (χ3v) is 4.26. The van der Waals surface area contributed by atoms with Gasteiger partial charge in [0, 0.05) is 6.08 Å². The molecule has 116 valence electrons. The first-order valence-electron chi connectivity index (χ1n) is 8.05. The number of aliphatic carboxylic acids is 1. The van der Waals surface area contributed by atoms with Crippen LogP contribution in [0, 0.1) is 0 Å². The monoisotopic (exact) mass is 304 g/mol. The fourth-order valence-electron chi connectivity index (χ4n) is 3.21. The van der Waals surface area contributed by atoms with E-state index in [1.807, 2.05) is 12.1 Å². The SMILES string of the molecule is CCCCc1c2ccccc2c(C=CC(=O)O)c2ccccc12. The van der Waals surface area contributed by atoms with E-state index in [-0.39, 0.29) is 0 Å². The van der Waals surface area contributed by atoms with Crippen LogP contribution in [0.15, 0.2) is 54.6 Å². The van der Waals surface area contributed by atoms with Crippen molar-refractivity contribution < 1.29 is 9.90 Å². The molecule has 0 aliphatic rings. The maximum atomic E-state index is 11.0. The maximum absolute atomic E-state index is 11.0. The number of unbranched alkanes of at least 4 members (excludes halogenated alkanes) is 1. The smallest absolute Gasteiger partial charge is 0.328 e. The lowest BCUT2D eigenvalue weighted by molar-refractivity contribution is -0.131. The van der Waals surface area contributed by atoms with Crippen LogP contribution < -0.4 is 0 Å². The Kier molecular flexibility index (Phi) is 4.42. The van der Waals surface area contributed by atoms with Gasteiger partial charge in [-0.15, -0.1) is 0 Å². The molecule has 2 heteroatoms. The molecule has 3 aromatic rings. The number of fused-ring (bicyclic) bond motifs is 2. The van der Waals surface area contributed by atoms with Crippen LogP contribution in [0.25, 0.3) is 27.6 Å². The quantitative estimate of drug-likeness (QED) is 0.504. The summed E-state index contributed by atoms with van der Waals surface area (Å²) in [6, 6.07) is 16.6. The molecule has 0 radical (unpaired) electrons. The lowest BCUT2D eigenvalue weighted by atomic mass is 9.89. The van der Waals surface area contributed by atoms with Gasteiger partial charge in [-0.25, -0.2) is 4.79 Å². The van der Waals surface area contributed by atoms with Gasteiger partial charge >= 0.3 is 5.97 Å². The van der Waals surface area contributed by atoms with Crippen molar-refractivity contribution in [2.75, 3.05) is 0 Å². The van der Waals surface area contributed by atoms with E-state index in [2.05, 4.69) is 43.3 Å². The summed E-state index contributed by atoms with van der Waals surface area (Å²) < 4.78 is 0. The number of rotatable bonds is 5. The van der Waals surface area contributed by atoms with Gasteiger partial charge < -0.3 is 5.11 Å². The second-order valence-electron chi connectivity index (χ2n) is 5.76. The van der Waals surface area contributed by atoms with Gasteiger partial charge in [0.1, 0.15) is 0 Å². The molecule has 1 N–H and O–H groups in total. The number of carboxylic acids is 1. The van der Waals surface area contributed by atoms with Crippen molar-refractivity contribution in [3.05, 3.63) is 65.7 Å². The molecule has 0 saturated carbocycles. The summed E-state index contributed by atoms with van der Waals surface area (Å²) in [4.78, 5) is 11.0. The fourth-order valence-corrected chi connectivity index (χ4v) is 3.21. The van der Waals surface area contributed by atoms with E-state index < -0.39 is 5.97 Å². The Morgan fingerprint density at radius 3 is 1.96 bits per heavy atom. The van der Waals surface area contributed by atoms with Crippen LogP contribution >= 0.6 is 0 Å². The molecule has 0 spiro atoms. The molecule has 0 aliphatic heterocycles. The van der Waals surface area contributed by atoms with Gasteiger partial charge in [-0.2, -0.15) is 0 Å². The van der Waals surface area contributed by atoms with Crippen LogP contribution in [0.3, 0.4) is 0 Å². The van der Waals surface area contributed by atoms with Gasteiger partial charge in [-0.05, 0) is 51.6 Å². The highest BCUT2D eigenvalue weighted by atomic mass is 16.4. The maximum Gasteiger partial charge on any atom is 0.328 e. The van der Waals surface area contributed by atoms with E-state index in [9.17, 15) is 4.79 Å². The van der Waals surface area contributed by atoms with Crippen molar-refractivity contribution in [1.29, 1.82) is 0 Å². The highest BCUT2D eigenvalue weighted by Gasteiger charge is 2.11. The minimum absolute atomic E-state index is 0.923. The minimum atomic E-state index is -0.923. The topological polar surface area (TPSA) is 37.3 Å². The lowest BCUT2D eigenvalue weighted by Crippen LogP contribution is -1.94. The van der Waals surface area contributed by atoms with Crippen LogP contribution in [0.4, 0.5) is 0 Å². The Hall–Kier alpha value is -2.61. The number of carboxylic acid groups (broad SMARTS) is 1. The zero-order valence-electron chi connectivity index (χ0n) is 13.3. The van der Waals surface area contributed by atoms with Gasteiger partial charge in [-0.3, -0.25) is 0 Å². The normalized spacial score (nSPS) is 11.5. The van der Waals surface area contributed by atoms with Gasteiger partial charge in [0.15, 0.2) is 0 Å². The highest BCUT2D eigenvalue weighted by molar-refractivity contribution is 6.10. The number of hydrogen-bond acceptors (Lipinski definition) is 1. The van der Waals surface area contributed by atoms with Crippen molar-refractivity contribution >= 4 is 33.6 Å². The molecular weight excluding hydrogens is 284 g/mol. The van der Waals surface area contributed by atoms with Crippen LogP contribution in [-0.2, 0) is 11.2 Å². The molecule has 3 aromatic carbocycles. The Labute approximate surface area is 136 Å². The van der Waals surface area contributed by atoms with E-state index in [0.717, 1.165) is 35.6 Å². The molecule has 0 aromatic heterocycles. The molecular formula is C21H20O2. The van der Waals surface area contributed by atoms with E-state index in [4.69, 9.17) is 5.11 Å². The summed E-state index contributed by atoms with van der Waals surface area (Å²) in [7, 11) is 0. The van der Waals surface area contributed by atoms with Crippen LogP contribution in [0.1, 0.15) is 30.9 Å². The largest absolute Gasteiger partial charge is 0.478 e. The summed E-state index contributed by atoms with van der Waals surface area (Å²) in [5.41, 5.74) is 2.35. The van der Waals surface area contributed by atoms with Crippen molar-refractivity contribution in [2.24, 2.45) is 0 Å². The first-order chi connectivity index (χ1) is 11.2. The molecule has 23 heavy (non-hydrogen) atoms. The summed E-state index contributed by atoms with van der Waals surface area (Å²) in [6.07, 6.45) is 6.29. The third-order valence-electron chi connectivity index (χ3n) is 4.26. The second kappa shape index (κ2) is 6.66. The molecule has 0 saturated heterocycles. The molecule has 0 unspecified atom stereocenters. The average molecular weight is 304 g/mol. The fraction of sp³-hybridized carbons (Fsp3) is 0.190. The Balaban J connectivity index is 2.39. The molecule has 0 fully saturated rings.